The fourth-order valence-corrected chi connectivity index (χ4v) is 7.57. The van der Waals surface area contributed by atoms with E-state index >= 15 is 0 Å². The number of aromatic carboxylic acids is 2. The third-order valence-corrected chi connectivity index (χ3v) is 10.4. The van der Waals surface area contributed by atoms with Crippen LogP contribution in [0, 0.1) is 12.7 Å². The molecule has 55 heavy (non-hydrogen) atoms. The Kier molecular flexibility index (Phi) is 10.4. The molecule has 2 amide bonds. The third-order valence-electron chi connectivity index (χ3n) is 8.08. The molecule has 0 saturated heterocycles. The van der Waals surface area contributed by atoms with Crippen LogP contribution < -0.4 is 10.6 Å². The summed E-state index contributed by atoms with van der Waals surface area (Å²) in [7, 11) is 0. The summed E-state index contributed by atoms with van der Waals surface area (Å²) in [5.74, 6) is -4.34. The van der Waals surface area contributed by atoms with Crippen LogP contribution in [-0.4, -0.2) is 43.9 Å². The minimum absolute atomic E-state index is 0.0341. The summed E-state index contributed by atoms with van der Waals surface area (Å²) >= 11 is 5.53. The number of anilines is 2. The number of nitrogens with zero attached hydrogens (tertiary/aromatic N) is 2. The van der Waals surface area contributed by atoms with Gasteiger partial charge in [-0.3, -0.25) is 9.59 Å². The molecule has 274 valence electrons. The standard InChI is InChI=1S/C20H13FN2O4S.C19H11BrN2O4S/c1-10-6-7-11(8-13(10)21)12-9-28-19(16(12)20(25)26)23-17(24)18-22-14-4-2-3-5-15(14)27-18;20-11-7-5-10(6-8-11)12-9-27-18(15(12)19(24)25)22-16(23)17-21-13-3-1-2-4-14(13)26-17/h2-9H,1H3,(H,23,24)(H,25,26);1-9H,(H,22,23)(H,24,25). The molecular formula is C39H24BrFN4O8S2. The van der Waals surface area contributed by atoms with Crippen molar-refractivity contribution in [1.29, 1.82) is 0 Å². The van der Waals surface area contributed by atoms with Gasteiger partial charge < -0.3 is 29.7 Å². The molecule has 0 spiro atoms. The highest BCUT2D eigenvalue weighted by atomic mass is 79.9. The maximum atomic E-state index is 13.9. The third kappa shape index (κ3) is 7.77. The van der Waals surface area contributed by atoms with Gasteiger partial charge in [0.15, 0.2) is 11.2 Å². The van der Waals surface area contributed by atoms with Gasteiger partial charge in [0.1, 0.15) is 38.0 Å². The molecule has 8 rings (SSSR count). The number of carbonyl (C=O) groups is 4. The van der Waals surface area contributed by atoms with E-state index < -0.39 is 29.6 Å². The predicted molar refractivity (Wildman–Crippen MR) is 210 cm³/mol. The number of aromatic nitrogens is 2. The van der Waals surface area contributed by atoms with Crippen molar-refractivity contribution < 1.29 is 42.6 Å². The first-order valence-corrected chi connectivity index (χ1v) is 18.6. The second-order valence-electron chi connectivity index (χ2n) is 11.7. The van der Waals surface area contributed by atoms with Crippen molar-refractivity contribution >= 4 is 94.6 Å². The Bertz CT molecular complexity index is 2710. The Morgan fingerprint density at radius 3 is 1.58 bits per heavy atom. The lowest BCUT2D eigenvalue weighted by Gasteiger charge is -2.05. The molecule has 8 aromatic rings. The average molecular weight is 840 g/mol. The van der Waals surface area contributed by atoms with Crippen LogP contribution in [0.4, 0.5) is 14.4 Å². The largest absolute Gasteiger partial charge is 0.478 e. The molecule has 12 nitrogen and oxygen atoms in total. The zero-order chi connectivity index (χ0) is 38.8. The molecule has 4 aromatic heterocycles. The number of oxazole rings is 2. The molecule has 0 atom stereocenters. The number of carboxylic acids is 2. The topological polar surface area (TPSA) is 185 Å². The number of hydrogen-bond acceptors (Lipinski definition) is 10. The van der Waals surface area contributed by atoms with Crippen LogP contribution in [0.1, 0.15) is 47.6 Å². The van der Waals surface area contributed by atoms with Crippen LogP contribution in [0.2, 0.25) is 0 Å². The van der Waals surface area contributed by atoms with Gasteiger partial charge in [-0.25, -0.2) is 23.9 Å². The number of rotatable bonds is 8. The monoisotopic (exact) mass is 838 g/mol. The number of halogens is 2. The van der Waals surface area contributed by atoms with Crippen molar-refractivity contribution in [3.63, 3.8) is 0 Å². The van der Waals surface area contributed by atoms with Gasteiger partial charge in [-0.15, -0.1) is 22.7 Å². The molecule has 0 fully saturated rings. The predicted octanol–water partition coefficient (Wildman–Crippen LogP) is 10.2. The highest BCUT2D eigenvalue weighted by molar-refractivity contribution is 9.10. The number of hydrogen-bond donors (Lipinski definition) is 4. The minimum Gasteiger partial charge on any atom is -0.478 e. The van der Waals surface area contributed by atoms with Crippen LogP contribution in [0.5, 0.6) is 0 Å². The fraction of sp³-hybridized carbons (Fsp3) is 0.0256. The van der Waals surface area contributed by atoms with Crippen LogP contribution >= 0.6 is 38.6 Å². The van der Waals surface area contributed by atoms with E-state index in [1.807, 2.05) is 24.3 Å². The molecule has 0 unspecified atom stereocenters. The summed E-state index contributed by atoms with van der Waals surface area (Å²) in [6, 6.07) is 25.7. The summed E-state index contributed by atoms with van der Waals surface area (Å²) in [6.45, 7) is 1.62. The SMILES string of the molecule is Cc1ccc(-c2csc(NC(=O)c3nc4ccccc4o3)c2C(=O)O)cc1F.O=C(Nc1scc(-c2ccc(Br)cc2)c1C(=O)O)c1nc2ccccc2o1. The van der Waals surface area contributed by atoms with Gasteiger partial charge in [-0.2, -0.15) is 0 Å². The van der Waals surface area contributed by atoms with E-state index in [2.05, 4.69) is 36.5 Å². The van der Waals surface area contributed by atoms with Gasteiger partial charge >= 0.3 is 23.8 Å². The van der Waals surface area contributed by atoms with Gasteiger partial charge in [0.25, 0.3) is 11.8 Å². The van der Waals surface area contributed by atoms with Crippen molar-refractivity contribution in [2.24, 2.45) is 0 Å². The minimum atomic E-state index is -1.23. The molecule has 0 bridgehead atoms. The number of nitrogens with one attached hydrogen (secondary N) is 2. The number of thiophene rings is 2. The molecular weight excluding hydrogens is 815 g/mol. The normalized spacial score (nSPS) is 10.9. The van der Waals surface area contributed by atoms with Gasteiger partial charge in [0.2, 0.25) is 0 Å². The lowest BCUT2D eigenvalue weighted by Crippen LogP contribution is -2.13. The van der Waals surface area contributed by atoms with Crippen molar-refractivity contribution in [2.45, 2.75) is 6.92 Å². The number of benzene rings is 4. The van der Waals surface area contributed by atoms with Crippen LogP contribution in [0.3, 0.4) is 0 Å². The first kappa shape index (κ1) is 36.9. The quantitative estimate of drug-likeness (QED) is 0.115. The highest BCUT2D eigenvalue weighted by Gasteiger charge is 2.25. The summed E-state index contributed by atoms with van der Waals surface area (Å²) in [6.07, 6.45) is 0. The summed E-state index contributed by atoms with van der Waals surface area (Å²) in [5, 5.41) is 28.1. The summed E-state index contributed by atoms with van der Waals surface area (Å²) < 4.78 is 25.6. The molecule has 0 aliphatic rings. The molecule has 0 aliphatic heterocycles. The highest BCUT2D eigenvalue weighted by Crippen LogP contribution is 2.38. The number of fused-ring (bicyclic) bond motifs is 2. The summed E-state index contributed by atoms with van der Waals surface area (Å²) in [4.78, 5) is 56.8. The molecule has 4 N–H and O–H groups in total. The smallest absolute Gasteiger partial charge is 0.339 e. The Hall–Kier alpha value is -6.49. The van der Waals surface area contributed by atoms with Gasteiger partial charge in [-0.05, 0) is 66.1 Å². The van der Waals surface area contributed by atoms with E-state index in [1.54, 1.807) is 78.3 Å². The van der Waals surface area contributed by atoms with E-state index in [9.17, 15) is 33.8 Å². The van der Waals surface area contributed by atoms with Gasteiger partial charge in [0, 0.05) is 26.4 Å². The Labute approximate surface area is 326 Å². The second kappa shape index (κ2) is 15.5. The number of aryl methyl sites for hydroxylation is 1. The number of amides is 2. The zero-order valence-corrected chi connectivity index (χ0v) is 31.3. The Balaban J connectivity index is 0.000000169. The van der Waals surface area contributed by atoms with E-state index in [-0.39, 0.29) is 32.9 Å². The average Bonchev–Trinajstić information content (AvgIpc) is 3.98. The number of para-hydroxylation sites is 4. The fourth-order valence-electron chi connectivity index (χ4n) is 5.39. The number of carboxylic acid groups (broad SMARTS) is 2. The van der Waals surface area contributed by atoms with Crippen LogP contribution in [-0.2, 0) is 0 Å². The first-order valence-electron chi connectivity index (χ1n) is 16.0. The lowest BCUT2D eigenvalue weighted by atomic mass is 10.0. The lowest BCUT2D eigenvalue weighted by molar-refractivity contribution is 0.0688. The maximum Gasteiger partial charge on any atom is 0.339 e. The van der Waals surface area contributed by atoms with Gasteiger partial charge in [-0.1, -0.05) is 64.5 Å². The molecule has 16 heteroatoms. The molecule has 4 heterocycles. The Morgan fingerprint density at radius 2 is 1.13 bits per heavy atom. The van der Waals surface area contributed by atoms with E-state index in [4.69, 9.17) is 8.83 Å². The first-order chi connectivity index (χ1) is 26.5. The van der Waals surface area contributed by atoms with E-state index in [1.165, 1.54) is 6.07 Å². The van der Waals surface area contributed by atoms with Crippen molar-refractivity contribution in [2.75, 3.05) is 10.6 Å². The van der Waals surface area contributed by atoms with Crippen molar-refractivity contribution in [1.82, 2.24) is 9.97 Å². The molecule has 4 aromatic carbocycles. The Morgan fingerprint density at radius 1 is 0.673 bits per heavy atom. The zero-order valence-electron chi connectivity index (χ0n) is 28.1. The van der Waals surface area contributed by atoms with Crippen molar-refractivity contribution in [3.05, 3.63) is 141 Å². The van der Waals surface area contributed by atoms with Crippen molar-refractivity contribution in [3.8, 4) is 22.3 Å². The van der Waals surface area contributed by atoms with E-state index in [0.29, 0.717) is 44.5 Å². The van der Waals surface area contributed by atoms with Gasteiger partial charge in [0.05, 0.1) is 0 Å². The van der Waals surface area contributed by atoms with E-state index in [0.717, 1.165) is 32.7 Å². The molecule has 0 saturated carbocycles. The van der Waals surface area contributed by atoms with Crippen LogP contribution in [0.15, 0.2) is 115 Å². The molecule has 0 radical (unpaired) electrons. The maximum absolute atomic E-state index is 13.9. The van der Waals surface area contributed by atoms with Crippen LogP contribution in [0.25, 0.3) is 44.5 Å². The molecule has 0 aliphatic carbocycles. The second-order valence-corrected chi connectivity index (χ2v) is 14.3. The number of carbonyl (C=O) groups excluding carboxylic acids is 2. The summed E-state index contributed by atoms with van der Waals surface area (Å²) in [5.41, 5.74) is 4.42.